The Labute approximate surface area is 172 Å². The second-order valence-corrected chi connectivity index (χ2v) is 8.00. The molecule has 0 aliphatic rings. The first-order valence-electron chi connectivity index (χ1n) is 8.39. The molecule has 26 heavy (non-hydrogen) atoms. The Balaban J connectivity index is 0.00000196. The minimum atomic E-state index is -0.225. The first kappa shape index (κ1) is 18.9. The molecule has 0 N–H and O–H groups in total. The van der Waals surface area contributed by atoms with Crippen LogP contribution in [0.2, 0.25) is 0 Å². The van der Waals surface area contributed by atoms with Crippen LogP contribution < -0.4 is 24.0 Å². The molecule has 0 aliphatic heterocycles. The van der Waals surface area contributed by atoms with Crippen LogP contribution in [0.4, 0.5) is 0 Å². The van der Waals surface area contributed by atoms with E-state index in [0.717, 1.165) is 6.42 Å². The summed E-state index contributed by atoms with van der Waals surface area (Å²) in [7, 11) is -0.0472. The summed E-state index contributed by atoms with van der Waals surface area (Å²) in [6.45, 7) is 1.88. The highest BCUT2D eigenvalue weighted by Gasteiger charge is 2.22. The SMILES string of the molecule is CC(=O)OCCc1ccc(-[s+]2c3ccccc3c3ccccc32)cc1.[I-]. The molecule has 4 heteroatoms. The fourth-order valence-corrected chi connectivity index (χ4v) is 5.59. The minimum absolute atomic E-state index is 0. The van der Waals surface area contributed by atoms with Crippen molar-refractivity contribution in [3.8, 4) is 4.90 Å². The monoisotopic (exact) mass is 474 g/mol. The van der Waals surface area contributed by atoms with E-state index in [4.69, 9.17) is 4.74 Å². The van der Waals surface area contributed by atoms with E-state index < -0.39 is 0 Å². The van der Waals surface area contributed by atoms with Gasteiger partial charge in [0.2, 0.25) is 0 Å². The number of hydrogen-bond acceptors (Lipinski definition) is 2. The van der Waals surface area contributed by atoms with Crippen LogP contribution in [0.1, 0.15) is 12.5 Å². The lowest BCUT2D eigenvalue weighted by Gasteiger charge is -2.02. The fraction of sp³-hybridized carbons (Fsp3) is 0.136. The van der Waals surface area contributed by atoms with Crippen LogP contribution >= 0.6 is 10.5 Å². The molecule has 2 nitrogen and oxygen atoms in total. The van der Waals surface area contributed by atoms with Crippen LogP contribution in [0.5, 0.6) is 0 Å². The summed E-state index contributed by atoms with van der Waals surface area (Å²) in [5, 5.41) is 2.70. The number of fused-ring (bicyclic) bond motifs is 3. The molecule has 1 aromatic heterocycles. The summed E-state index contributed by atoms with van der Waals surface area (Å²) in [4.78, 5) is 12.2. The van der Waals surface area contributed by atoms with Gasteiger partial charge in [-0.1, -0.05) is 36.4 Å². The van der Waals surface area contributed by atoms with Crippen molar-refractivity contribution in [1.82, 2.24) is 0 Å². The molecule has 0 atom stereocenters. The molecule has 0 amide bonds. The maximum Gasteiger partial charge on any atom is 0.302 e. The topological polar surface area (TPSA) is 26.3 Å². The van der Waals surface area contributed by atoms with Gasteiger partial charge >= 0.3 is 5.97 Å². The number of rotatable bonds is 4. The van der Waals surface area contributed by atoms with Crippen molar-refractivity contribution in [3.63, 3.8) is 0 Å². The third-order valence-corrected chi connectivity index (χ3v) is 6.69. The number of carbonyl (C=O) groups excluding carboxylic acids is 1. The molecule has 0 aliphatic carbocycles. The third-order valence-electron chi connectivity index (χ3n) is 4.36. The van der Waals surface area contributed by atoms with Gasteiger partial charge in [0.15, 0.2) is 14.3 Å². The van der Waals surface area contributed by atoms with Gasteiger partial charge in [-0.25, -0.2) is 0 Å². The number of ether oxygens (including phenoxy) is 1. The molecule has 4 aromatic rings. The van der Waals surface area contributed by atoms with Crippen molar-refractivity contribution in [2.45, 2.75) is 13.3 Å². The maximum atomic E-state index is 10.9. The van der Waals surface area contributed by atoms with E-state index in [1.54, 1.807) is 0 Å². The molecule has 132 valence electrons. The van der Waals surface area contributed by atoms with E-state index in [9.17, 15) is 4.79 Å². The Hall–Kier alpha value is -1.92. The lowest BCUT2D eigenvalue weighted by molar-refractivity contribution is -0.140. The molecule has 0 bridgehead atoms. The Morgan fingerprint density at radius 2 is 1.38 bits per heavy atom. The van der Waals surface area contributed by atoms with Crippen molar-refractivity contribution in [3.05, 3.63) is 78.4 Å². The zero-order valence-electron chi connectivity index (χ0n) is 14.4. The van der Waals surface area contributed by atoms with Crippen LogP contribution in [0, 0.1) is 0 Å². The Morgan fingerprint density at radius 3 is 1.92 bits per heavy atom. The highest BCUT2D eigenvalue weighted by Crippen LogP contribution is 2.48. The van der Waals surface area contributed by atoms with Crippen LogP contribution in [-0.2, 0) is 16.0 Å². The second kappa shape index (κ2) is 8.18. The van der Waals surface area contributed by atoms with Crippen molar-refractivity contribution in [1.29, 1.82) is 0 Å². The number of halogens is 1. The zero-order chi connectivity index (χ0) is 17.2. The van der Waals surface area contributed by atoms with Crippen molar-refractivity contribution in [2.24, 2.45) is 0 Å². The standard InChI is InChI=1S/C22H19O2S.HI/c1-16(23)24-15-14-17-10-12-18(13-11-17)25-21-8-4-2-6-19(21)20-7-3-5-9-22(20)25;/h2-13H,14-15H2,1H3;1H/q+1;/p-1. The average molecular weight is 474 g/mol. The number of benzene rings is 3. The van der Waals surface area contributed by atoms with Gasteiger partial charge < -0.3 is 28.7 Å². The normalized spacial score (nSPS) is 10.7. The van der Waals surface area contributed by atoms with E-state index in [-0.39, 0.29) is 40.4 Å². The molecule has 0 unspecified atom stereocenters. The van der Waals surface area contributed by atoms with Crippen LogP contribution in [-0.4, -0.2) is 12.6 Å². The molecule has 0 spiro atoms. The molecule has 4 rings (SSSR count). The van der Waals surface area contributed by atoms with E-state index in [1.165, 1.54) is 37.6 Å². The Kier molecular flexibility index (Phi) is 5.94. The molecule has 0 radical (unpaired) electrons. The molecule has 0 fully saturated rings. The van der Waals surface area contributed by atoms with E-state index in [2.05, 4.69) is 72.8 Å². The van der Waals surface area contributed by atoms with Crippen LogP contribution in [0.25, 0.3) is 25.1 Å². The summed E-state index contributed by atoms with van der Waals surface area (Å²) >= 11 is 0. The first-order chi connectivity index (χ1) is 12.2. The number of thiophene rings is 1. The fourth-order valence-electron chi connectivity index (χ4n) is 3.21. The van der Waals surface area contributed by atoms with Gasteiger partial charge in [-0.3, -0.25) is 4.79 Å². The van der Waals surface area contributed by atoms with Gasteiger partial charge in [-0.05, 0) is 42.0 Å². The summed E-state index contributed by atoms with van der Waals surface area (Å²) < 4.78 is 7.83. The van der Waals surface area contributed by atoms with Gasteiger partial charge in [0.1, 0.15) is 0 Å². The average Bonchev–Trinajstić information content (AvgIpc) is 2.97. The second-order valence-electron chi connectivity index (χ2n) is 6.03. The molecular weight excluding hydrogens is 455 g/mol. The lowest BCUT2D eigenvalue weighted by Crippen LogP contribution is -3.00. The quantitative estimate of drug-likeness (QED) is 0.259. The Bertz CT molecular complexity index is 998. The summed E-state index contributed by atoms with van der Waals surface area (Å²) in [5.74, 6) is -0.225. The van der Waals surface area contributed by atoms with Crippen molar-refractivity contribution in [2.75, 3.05) is 6.61 Å². The highest BCUT2D eigenvalue weighted by molar-refractivity contribution is 7.50. The highest BCUT2D eigenvalue weighted by atomic mass is 127. The largest absolute Gasteiger partial charge is 1.00 e. The number of hydrogen-bond donors (Lipinski definition) is 0. The minimum Gasteiger partial charge on any atom is -1.00 e. The summed E-state index contributed by atoms with van der Waals surface area (Å²) in [6, 6.07) is 26.1. The smallest absolute Gasteiger partial charge is 0.302 e. The molecule has 1 heterocycles. The Morgan fingerprint density at radius 1 is 0.846 bits per heavy atom. The zero-order valence-corrected chi connectivity index (χ0v) is 17.4. The van der Waals surface area contributed by atoms with Gasteiger partial charge in [0, 0.05) is 34.6 Å². The predicted octanol–water partition coefficient (Wildman–Crippen LogP) is 2.84. The molecule has 0 saturated heterocycles. The van der Waals surface area contributed by atoms with E-state index in [1.807, 2.05) is 0 Å². The van der Waals surface area contributed by atoms with Gasteiger partial charge in [-0.2, -0.15) is 0 Å². The maximum absolute atomic E-state index is 10.9. The van der Waals surface area contributed by atoms with Crippen molar-refractivity contribution >= 4 is 36.6 Å². The number of esters is 1. The van der Waals surface area contributed by atoms with Gasteiger partial charge in [0.25, 0.3) is 0 Å². The molecule has 0 saturated carbocycles. The summed E-state index contributed by atoms with van der Waals surface area (Å²) in [5.41, 5.74) is 1.19. The molecular formula is C22H19IO2S. The third kappa shape index (κ3) is 3.62. The van der Waals surface area contributed by atoms with Gasteiger partial charge in [-0.15, -0.1) is 0 Å². The van der Waals surface area contributed by atoms with Gasteiger partial charge in [0.05, 0.1) is 6.61 Å². The van der Waals surface area contributed by atoms with E-state index in [0.29, 0.717) is 6.61 Å². The van der Waals surface area contributed by atoms with E-state index >= 15 is 0 Å². The first-order valence-corrected chi connectivity index (χ1v) is 9.61. The lowest BCUT2D eigenvalue weighted by atomic mass is 10.2. The van der Waals surface area contributed by atoms with Crippen LogP contribution in [0.3, 0.4) is 0 Å². The number of carbonyl (C=O) groups is 1. The van der Waals surface area contributed by atoms with Crippen molar-refractivity contribution < 1.29 is 33.5 Å². The summed E-state index contributed by atoms with van der Waals surface area (Å²) in [6.07, 6.45) is 0.751. The van der Waals surface area contributed by atoms with Crippen LogP contribution in [0.15, 0.2) is 72.8 Å². The predicted molar refractivity (Wildman–Crippen MR) is 106 cm³/mol. The molecule has 3 aromatic carbocycles.